The zero-order valence-electron chi connectivity index (χ0n) is 21.4. The third kappa shape index (κ3) is 5.85. The van der Waals surface area contributed by atoms with Gasteiger partial charge in [0.25, 0.3) is 0 Å². The molecule has 2 aromatic heterocycles. The molecule has 0 saturated carbocycles. The Morgan fingerprint density at radius 1 is 1.28 bits per heavy atom. The zero-order chi connectivity index (χ0) is 25.7. The molecule has 192 valence electrons. The fourth-order valence-electron chi connectivity index (χ4n) is 4.69. The Morgan fingerprint density at radius 2 is 2.06 bits per heavy atom. The SMILES string of the molecule is COC(=O)c1c(NC(=O)[C@H]2CCOC2)c2cc(N[C@H](C)CN(C)C)cnc2n1CCc1ccccc1. The molecule has 0 aliphatic carbocycles. The van der Waals surface area contributed by atoms with Gasteiger partial charge in [-0.2, -0.15) is 0 Å². The summed E-state index contributed by atoms with van der Waals surface area (Å²) in [7, 11) is 5.40. The van der Waals surface area contributed by atoms with Crippen LogP contribution in [0.2, 0.25) is 0 Å². The third-order valence-electron chi connectivity index (χ3n) is 6.34. The third-order valence-corrected chi connectivity index (χ3v) is 6.34. The van der Waals surface area contributed by atoms with Crippen LogP contribution >= 0.6 is 0 Å². The summed E-state index contributed by atoms with van der Waals surface area (Å²) in [5, 5.41) is 7.19. The summed E-state index contributed by atoms with van der Waals surface area (Å²) >= 11 is 0. The second-order valence-electron chi connectivity index (χ2n) is 9.55. The number of rotatable bonds is 10. The lowest BCUT2D eigenvalue weighted by Gasteiger charge is -2.19. The van der Waals surface area contributed by atoms with Crippen molar-refractivity contribution in [2.45, 2.75) is 32.4 Å². The number of fused-ring (bicyclic) bond motifs is 1. The van der Waals surface area contributed by atoms with Gasteiger partial charge in [0.1, 0.15) is 5.65 Å². The van der Waals surface area contributed by atoms with Gasteiger partial charge in [-0.25, -0.2) is 9.78 Å². The number of anilines is 2. The van der Waals surface area contributed by atoms with Crippen LogP contribution in [0.3, 0.4) is 0 Å². The summed E-state index contributed by atoms with van der Waals surface area (Å²) in [5.74, 6) is -0.943. The Bertz CT molecular complexity index is 1200. The number of esters is 1. The number of carbonyl (C=O) groups excluding carboxylic acids is 2. The molecule has 2 N–H and O–H groups in total. The van der Waals surface area contributed by atoms with Crippen molar-refractivity contribution in [1.29, 1.82) is 0 Å². The number of benzene rings is 1. The predicted octanol–water partition coefficient (Wildman–Crippen LogP) is 3.40. The molecule has 1 saturated heterocycles. The molecular formula is C27H35N5O4. The van der Waals surface area contributed by atoms with Crippen molar-refractivity contribution in [2.75, 3.05) is 51.6 Å². The van der Waals surface area contributed by atoms with E-state index < -0.39 is 5.97 Å². The summed E-state index contributed by atoms with van der Waals surface area (Å²) in [6.07, 6.45) is 3.12. The van der Waals surface area contributed by atoms with Crippen molar-refractivity contribution in [1.82, 2.24) is 14.5 Å². The van der Waals surface area contributed by atoms with E-state index in [1.807, 2.05) is 55.1 Å². The molecule has 0 unspecified atom stereocenters. The van der Waals surface area contributed by atoms with E-state index in [1.165, 1.54) is 7.11 Å². The molecule has 2 atom stereocenters. The highest BCUT2D eigenvalue weighted by molar-refractivity contribution is 6.11. The lowest BCUT2D eigenvalue weighted by atomic mass is 10.1. The molecule has 9 heteroatoms. The molecule has 0 bridgehead atoms. The fraction of sp³-hybridized carbons (Fsp3) is 0.444. The number of carbonyl (C=O) groups is 2. The van der Waals surface area contributed by atoms with Crippen molar-refractivity contribution >= 4 is 34.3 Å². The Kier molecular flexibility index (Phi) is 8.22. The molecule has 0 spiro atoms. The zero-order valence-corrected chi connectivity index (χ0v) is 21.4. The van der Waals surface area contributed by atoms with Crippen molar-refractivity contribution in [3.05, 3.63) is 53.9 Å². The average Bonchev–Trinajstić information content (AvgIpc) is 3.49. The maximum absolute atomic E-state index is 13.1. The first-order valence-corrected chi connectivity index (χ1v) is 12.3. The predicted molar refractivity (Wildman–Crippen MR) is 140 cm³/mol. The summed E-state index contributed by atoms with van der Waals surface area (Å²) < 4.78 is 12.4. The van der Waals surface area contributed by atoms with E-state index in [-0.39, 0.29) is 17.9 Å². The van der Waals surface area contributed by atoms with Crippen molar-refractivity contribution in [2.24, 2.45) is 5.92 Å². The highest BCUT2D eigenvalue weighted by Crippen LogP contribution is 2.34. The monoisotopic (exact) mass is 493 g/mol. The fourth-order valence-corrected chi connectivity index (χ4v) is 4.69. The van der Waals surface area contributed by atoms with Crippen LogP contribution in [0.15, 0.2) is 42.6 Å². The Balaban J connectivity index is 1.77. The van der Waals surface area contributed by atoms with Gasteiger partial charge >= 0.3 is 5.97 Å². The summed E-state index contributed by atoms with van der Waals surface area (Å²) in [4.78, 5) is 33.0. The summed E-state index contributed by atoms with van der Waals surface area (Å²) in [6.45, 7) is 4.37. The number of hydrogen-bond acceptors (Lipinski definition) is 7. The second kappa shape index (κ2) is 11.5. The number of nitrogens with one attached hydrogen (secondary N) is 2. The normalized spacial score (nSPS) is 16.3. The van der Waals surface area contributed by atoms with Crippen LogP contribution in [-0.2, 0) is 27.2 Å². The molecule has 3 heterocycles. The number of methoxy groups -OCH3 is 1. The topological polar surface area (TPSA) is 97.7 Å². The standard InChI is InChI=1S/C27H35N5O4/c1-18(16-31(2)3)29-21-14-22-23(30-26(33)20-11-13-36-17-20)24(27(34)35-4)32(25(22)28-15-21)12-10-19-8-6-5-7-9-19/h5-9,14-15,18,20,29H,10-13,16-17H2,1-4H3,(H,30,33)/t18-,20+/m1/s1. The largest absolute Gasteiger partial charge is 0.464 e. The molecule has 1 aliphatic heterocycles. The van der Waals surface area contributed by atoms with Crippen molar-refractivity contribution < 1.29 is 19.1 Å². The molecule has 9 nitrogen and oxygen atoms in total. The molecule has 4 rings (SSSR count). The minimum atomic E-state index is -0.519. The van der Waals surface area contributed by atoms with Gasteiger partial charge in [0.15, 0.2) is 5.69 Å². The first-order valence-electron chi connectivity index (χ1n) is 12.3. The second-order valence-corrected chi connectivity index (χ2v) is 9.55. The van der Waals surface area contributed by atoms with Crippen LogP contribution in [-0.4, -0.2) is 73.3 Å². The van der Waals surface area contributed by atoms with Gasteiger partial charge in [-0.1, -0.05) is 30.3 Å². The molecule has 1 aromatic carbocycles. The Hall–Kier alpha value is -3.43. The van der Waals surface area contributed by atoms with E-state index in [1.54, 1.807) is 6.20 Å². The van der Waals surface area contributed by atoms with E-state index in [0.717, 1.165) is 17.8 Å². The maximum atomic E-state index is 13.1. The number of aromatic nitrogens is 2. The van der Waals surface area contributed by atoms with Gasteiger partial charge in [-0.3, -0.25) is 4.79 Å². The van der Waals surface area contributed by atoms with Gasteiger partial charge < -0.3 is 29.6 Å². The number of nitrogens with zero attached hydrogens (tertiary/aromatic N) is 3. The van der Waals surface area contributed by atoms with Gasteiger partial charge in [0.2, 0.25) is 5.91 Å². The van der Waals surface area contributed by atoms with Gasteiger partial charge in [0.05, 0.1) is 37.2 Å². The van der Waals surface area contributed by atoms with Gasteiger partial charge in [-0.15, -0.1) is 0 Å². The average molecular weight is 494 g/mol. The van der Waals surface area contributed by atoms with Gasteiger partial charge in [-0.05, 0) is 45.5 Å². The highest BCUT2D eigenvalue weighted by Gasteiger charge is 2.30. The molecule has 36 heavy (non-hydrogen) atoms. The molecule has 0 radical (unpaired) electrons. The highest BCUT2D eigenvalue weighted by atomic mass is 16.5. The molecular weight excluding hydrogens is 458 g/mol. The Labute approximate surface area is 211 Å². The smallest absolute Gasteiger partial charge is 0.356 e. The number of amides is 1. The first kappa shape index (κ1) is 25.7. The van der Waals surface area contributed by atoms with Crippen LogP contribution in [0, 0.1) is 5.92 Å². The van der Waals surface area contributed by atoms with Crippen LogP contribution in [0.25, 0.3) is 11.0 Å². The minimum absolute atomic E-state index is 0.167. The Morgan fingerprint density at radius 3 is 2.72 bits per heavy atom. The van der Waals surface area contributed by atoms with E-state index in [2.05, 4.69) is 22.5 Å². The number of aryl methyl sites for hydroxylation is 2. The minimum Gasteiger partial charge on any atom is -0.464 e. The quantitative estimate of drug-likeness (QED) is 0.418. The first-order chi connectivity index (χ1) is 17.4. The van der Waals surface area contributed by atoms with E-state index in [4.69, 9.17) is 14.5 Å². The van der Waals surface area contributed by atoms with Crippen LogP contribution in [0.4, 0.5) is 11.4 Å². The van der Waals surface area contributed by atoms with E-state index in [9.17, 15) is 9.59 Å². The van der Waals surface area contributed by atoms with E-state index >= 15 is 0 Å². The van der Waals surface area contributed by atoms with Crippen LogP contribution in [0.1, 0.15) is 29.4 Å². The maximum Gasteiger partial charge on any atom is 0.356 e. The molecule has 1 amide bonds. The van der Waals surface area contributed by atoms with Crippen LogP contribution < -0.4 is 10.6 Å². The number of likely N-dealkylation sites (N-methyl/N-ethyl adjacent to an activating group) is 1. The van der Waals surface area contributed by atoms with E-state index in [0.29, 0.717) is 55.0 Å². The number of hydrogen-bond donors (Lipinski definition) is 2. The van der Waals surface area contributed by atoms with Gasteiger partial charge in [0, 0.05) is 31.1 Å². The number of ether oxygens (including phenoxy) is 2. The molecule has 1 aliphatic rings. The molecule has 1 fully saturated rings. The lowest BCUT2D eigenvalue weighted by Crippen LogP contribution is -2.29. The van der Waals surface area contributed by atoms with Crippen molar-refractivity contribution in [3.8, 4) is 0 Å². The lowest BCUT2D eigenvalue weighted by molar-refractivity contribution is -0.119. The van der Waals surface area contributed by atoms with Crippen molar-refractivity contribution in [3.63, 3.8) is 0 Å². The number of pyridine rings is 1. The summed E-state index contributed by atoms with van der Waals surface area (Å²) in [6, 6.07) is 12.2. The summed E-state index contributed by atoms with van der Waals surface area (Å²) in [5.41, 5.74) is 3.29. The van der Waals surface area contributed by atoms with Crippen LogP contribution in [0.5, 0.6) is 0 Å². The molecule has 3 aromatic rings.